The van der Waals surface area contributed by atoms with E-state index in [0.717, 1.165) is 13.0 Å². The molecule has 0 bridgehead atoms. The average molecular weight is 201 g/mol. The van der Waals surface area contributed by atoms with Crippen LogP contribution in [0.25, 0.3) is 0 Å². The summed E-state index contributed by atoms with van der Waals surface area (Å²) in [5.74, 6) is 0.0148. The van der Waals surface area contributed by atoms with Gasteiger partial charge in [0, 0.05) is 18.6 Å². The fourth-order valence-corrected chi connectivity index (χ4v) is 1.82. The van der Waals surface area contributed by atoms with Crippen LogP contribution in [0.2, 0.25) is 0 Å². The molecule has 4 heteroatoms. The molecular formula is C10H19NO3. The van der Waals surface area contributed by atoms with Gasteiger partial charge in [0.25, 0.3) is 0 Å². The highest BCUT2D eigenvalue weighted by atomic mass is 16.5. The number of carbonyl (C=O) groups excluding carboxylic acids is 1. The molecule has 0 radical (unpaired) electrons. The molecule has 0 aromatic rings. The summed E-state index contributed by atoms with van der Waals surface area (Å²) in [5, 5.41) is 0. The first-order valence-electron chi connectivity index (χ1n) is 4.92. The summed E-state index contributed by atoms with van der Waals surface area (Å²) in [6.45, 7) is 5.04. The third-order valence-corrected chi connectivity index (χ3v) is 3.02. The zero-order chi connectivity index (χ0) is 10.8. The molecule has 0 aromatic carbocycles. The normalized spacial score (nSPS) is 24.7. The Balaban J connectivity index is 2.65. The Morgan fingerprint density at radius 3 is 2.71 bits per heavy atom. The summed E-state index contributed by atoms with van der Waals surface area (Å²) >= 11 is 0. The monoisotopic (exact) mass is 201 g/mol. The number of rotatable bonds is 3. The lowest BCUT2D eigenvalue weighted by Gasteiger charge is -2.32. The minimum Gasteiger partial charge on any atom is -0.469 e. The van der Waals surface area contributed by atoms with Crippen LogP contribution in [0.3, 0.4) is 0 Å². The molecule has 1 aliphatic heterocycles. The van der Waals surface area contributed by atoms with Gasteiger partial charge in [-0.2, -0.15) is 0 Å². The van der Waals surface area contributed by atoms with Crippen LogP contribution in [0.1, 0.15) is 20.3 Å². The van der Waals surface area contributed by atoms with Gasteiger partial charge in [0.1, 0.15) is 0 Å². The van der Waals surface area contributed by atoms with Gasteiger partial charge in [-0.25, -0.2) is 0 Å². The second-order valence-electron chi connectivity index (χ2n) is 4.36. The molecular weight excluding hydrogens is 182 g/mol. The number of esters is 1. The Hall–Kier alpha value is -0.610. The van der Waals surface area contributed by atoms with Crippen molar-refractivity contribution in [1.29, 1.82) is 0 Å². The van der Waals surface area contributed by atoms with Crippen molar-refractivity contribution in [1.82, 2.24) is 0 Å². The highest BCUT2D eigenvalue weighted by molar-refractivity contribution is 5.76. The molecule has 2 unspecified atom stereocenters. The van der Waals surface area contributed by atoms with Crippen molar-refractivity contribution in [2.75, 3.05) is 20.3 Å². The molecule has 2 atom stereocenters. The second kappa shape index (κ2) is 4.28. The molecule has 0 aromatic heterocycles. The maximum Gasteiger partial charge on any atom is 0.312 e. The van der Waals surface area contributed by atoms with Crippen molar-refractivity contribution >= 4 is 5.97 Å². The Kier molecular flexibility index (Phi) is 3.50. The summed E-state index contributed by atoms with van der Waals surface area (Å²) in [6.07, 6.45) is 0.932. The predicted molar refractivity (Wildman–Crippen MR) is 52.7 cm³/mol. The lowest BCUT2D eigenvalue weighted by molar-refractivity contribution is -0.152. The van der Waals surface area contributed by atoms with E-state index in [2.05, 4.69) is 0 Å². The zero-order valence-electron chi connectivity index (χ0n) is 9.08. The largest absolute Gasteiger partial charge is 0.469 e. The number of carbonyl (C=O) groups is 1. The van der Waals surface area contributed by atoms with Gasteiger partial charge in [-0.3, -0.25) is 4.79 Å². The Labute approximate surface area is 84.7 Å². The van der Waals surface area contributed by atoms with Gasteiger partial charge in [-0.1, -0.05) is 0 Å². The fourth-order valence-electron chi connectivity index (χ4n) is 1.82. The Bertz CT molecular complexity index is 209. The van der Waals surface area contributed by atoms with E-state index in [1.54, 1.807) is 0 Å². The minimum absolute atomic E-state index is 0.197. The van der Waals surface area contributed by atoms with Gasteiger partial charge < -0.3 is 15.2 Å². The molecule has 4 nitrogen and oxygen atoms in total. The highest BCUT2D eigenvalue weighted by Crippen LogP contribution is 2.30. The van der Waals surface area contributed by atoms with Gasteiger partial charge in [0.2, 0.25) is 0 Å². The van der Waals surface area contributed by atoms with Gasteiger partial charge in [-0.05, 0) is 20.3 Å². The molecule has 0 amide bonds. The van der Waals surface area contributed by atoms with Crippen LogP contribution in [0.15, 0.2) is 0 Å². The third kappa shape index (κ3) is 2.07. The molecule has 1 fully saturated rings. The van der Waals surface area contributed by atoms with E-state index in [-0.39, 0.29) is 17.9 Å². The van der Waals surface area contributed by atoms with Gasteiger partial charge in [0.15, 0.2) is 0 Å². The lowest BCUT2D eigenvalue weighted by atomic mass is 9.77. The SMILES string of the molecule is COC(=O)C(C)(C)C(N)C1CCOC1. The molecule has 1 aliphatic rings. The van der Waals surface area contributed by atoms with E-state index in [1.807, 2.05) is 13.8 Å². The van der Waals surface area contributed by atoms with Gasteiger partial charge >= 0.3 is 5.97 Å². The van der Waals surface area contributed by atoms with E-state index in [1.165, 1.54) is 7.11 Å². The maximum absolute atomic E-state index is 11.5. The second-order valence-corrected chi connectivity index (χ2v) is 4.36. The quantitative estimate of drug-likeness (QED) is 0.677. The molecule has 2 N–H and O–H groups in total. The van der Waals surface area contributed by atoms with Crippen molar-refractivity contribution in [3.8, 4) is 0 Å². The molecule has 14 heavy (non-hydrogen) atoms. The first-order chi connectivity index (χ1) is 6.50. The molecule has 0 saturated carbocycles. The molecule has 1 saturated heterocycles. The van der Waals surface area contributed by atoms with Gasteiger partial charge in [-0.15, -0.1) is 0 Å². The number of hydrogen-bond donors (Lipinski definition) is 1. The van der Waals surface area contributed by atoms with Crippen molar-refractivity contribution in [3.63, 3.8) is 0 Å². The highest BCUT2D eigenvalue weighted by Gasteiger charge is 2.41. The first kappa shape index (κ1) is 11.5. The van der Waals surface area contributed by atoms with Crippen LogP contribution in [0.5, 0.6) is 0 Å². The lowest BCUT2D eigenvalue weighted by Crippen LogP contribution is -2.48. The van der Waals surface area contributed by atoms with E-state index in [9.17, 15) is 4.79 Å². The third-order valence-electron chi connectivity index (χ3n) is 3.02. The first-order valence-corrected chi connectivity index (χ1v) is 4.92. The van der Waals surface area contributed by atoms with E-state index in [0.29, 0.717) is 6.61 Å². The molecule has 0 aliphatic carbocycles. The van der Waals surface area contributed by atoms with Crippen LogP contribution < -0.4 is 5.73 Å². The predicted octanol–water partition coefficient (Wildman–Crippen LogP) is 0.549. The Morgan fingerprint density at radius 1 is 1.64 bits per heavy atom. The number of nitrogens with two attached hydrogens (primary N) is 1. The van der Waals surface area contributed by atoms with Crippen molar-refractivity contribution in [2.24, 2.45) is 17.1 Å². The summed E-state index contributed by atoms with van der Waals surface area (Å²) < 4.78 is 9.99. The Morgan fingerprint density at radius 2 is 2.29 bits per heavy atom. The van der Waals surface area contributed by atoms with Crippen molar-refractivity contribution in [3.05, 3.63) is 0 Å². The summed E-state index contributed by atoms with van der Waals surface area (Å²) in [7, 11) is 1.39. The smallest absolute Gasteiger partial charge is 0.312 e. The summed E-state index contributed by atoms with van der Waals surface area (Å²) in [5.41, 5.74) is 5.42. The van der Waals surface area contributed by atoms with Crippen molar-refractivity contribution in [2.45, 2.75) is 26.3 Å². The van der Waals surface area contributed by atoms with Gasteiger partial charge in [0.05, 0.1) is 19.1 Å². The minimum atomic E-state index is -0.632. The molecule has 82 valence electrons. The molecule has 0 spiro atoms. The standard InChI is InChI=1S/C10H19NO3/c1-10(2,9(12)13-3)8(11)7-4-5-14-6-7/h7-8H,4-6,11H2,1-3H3. The number of methoxy groups -OCH3 is 1. The van der Waals surface area contributed by atoms with E-state index in [4.69, 9.17) is 15.2 Å². The van der Waals surface area contributed by atoms with Crippen molar-refractivity contribution < 1.29 is 14.3 Å². The van der Waals surface area contributed by atoms with Crippen LogP contribution in [0.4, 0.5) is 0 Å². The number of hydrogen-bond acceptors (Lipinski definition) is 4. The fraction of sp³-hybridized carbons (Fsp3) is 0.900. The van der Waals surface area contributed by atoms with Crippen LogP contribution in [0, 0.1) is 11.3 Å². The van der Waals surface area contributed by atoms with Crippen LogP contribution in [-0.2, 0) is 14.3 Å². The average Bonchev–Trinajstić information content (AvgIpc) is 2.67. The molecule has 1 rings (SSSR count). The zero-order valence-corrected chi connectivity index (χ0v) is 9.08. The number of ether oxygens (including phenoxy) is 2. The summed E-state index contributed by atoms with van der Waals surface area (Å²) in [6, 6.07) is -0.197. The van der Waals surface area contributed by atoms with Crippen LogP contribution >= 0.6 is 0 Å². The van der Waals surface area contributed by atoms with E-state index < -0.39 is 5.41 Å². The maximum atomic E-state index is 11.5. The summed E-state index contributed by atoms with van der Waals surface area (Å²) in [4.78, 5) is 11.5. The molecule has 1 heterocycles. The topological polar surface area (TPSA) is 61.5 Å². The van der Waals surface area contributed by atoms with Crippen LogP contribution in [-0.4, -0.2) is 32.3 Å². The van der Waals surface area contributed by atoms with E-state index >= 15 is 0 Å².